The first-order chi connectivity index (χ1) is 36.9. The van der Waals surface area contributed by atoms with Gasteiger partial charge >= 0.3 is 12.0 Å². The number of sulfonamides is 2. The standard InChI is InChI=1S/C54H54N8O14S2/c1-25(2)41-33-19-27(5)43(49(65)45(33)35(47(63)51(41)67)23-55-29-11-15-31(16-12-29)77(69,70)61-37-21-39(73-7)59-53(57-37)75-9)44-28(6)20-34-42(26(3)4)52(68)48(64)36(46(34)50(44)66)24-56-30-13-17-32(18-14-30)78(71,72)62-38-22-40(74-8)60-54(58-38)76-10/h11-26,55-56,65-68H,1-10H3,(H,57,59,61)(H,58,60,62)/b35-23-,36-24-. The lowest BCUT2D eigenvalue weighted by molar-refractivity contribution is -0.113. The summed E-state index contributed by atoms with van der Waals surface area (Å²) in [5.74, 6) is -4.65. The number of Topliss-reactive ketones (excluding diaryl/α,β-unsaturated/α-hetero) is 2. The molecule has 0 saturated heterocycles. The molecule has 2 heterocycles. The van der Waals surface area contributed by atoms with Gasteiger partial charge in [-0.3, -0.25) is 19.0 Å². The molecule has 406 valence electrons. The van der Waals surface area contributed by atoms with Crippen molar-refractivity contribution in [3.63, 3.8) is 0 Å². The molecule has 0 aliphatic heterocycles. The molecule has 2 aliphatic carbocycles. The maximum absolute atomic E-state index is 14.3. The molecule has 0 bridgehead atoms. The topological polar surface area (TPSA) is 320 Å². The van der Waals surface area contributed by atoms with Gasteiger partial charge in [-0.2, -0.15) is 19.9 Å². The van der Waals surface area contributed by atoms with Gasteiger partial charge < -0.3 is 50.0 Å². The number of aliphatic hydroxyl groups is 2. The first-order valence-corrected chi connectivity index (χ1v) is 26.7. The number of hydrogen-bond donors (Lipinski definition) is 8. The van der Waals surface area contributed by atoms with Crippen LogP contribution < -0.4 is 39.0 Å². The van der Waals surface area contributed by atoms with E-state index >= 15 is 0 Å². The second-order valence-electron chi connectivity index (χ2n) is 18.4. The van der Waals surface area contributed by atoms with E-state index in [0.717, 1.165) is 0 Å². The Balaban J connectivity index is 1.17. The zero-order valence-electron chi connectivity index (χ0n) is 43.7. The van der Waals surface area contributed by atoms with Gasteiger partial charge in [0.1, 0.15) is 11.5 Å². The lowest BCUT2D eigenvalue weighted by Crippen LogP contribution is -2.20. The number of allylic oxidation sites excluding steroid dienone is 4. The van der Waals surface area contributed by atoms with Crippen LogP contribution in [-0.4, -0.2) is 97.2 Å². The number of ketones is 2. The number of nitrogens with zero attached hydrogens (tertiary/aromatic N) is 4. The third-order valence-corrected chi connectivity index (χ3v) is 15.4. The number of aryl methyl sites for hydroxylation is 2. The number of phenols is 2. The van der Waals surface area contributed by atoms with Crippen molar-refractivity contribution in [1.82, 2.24) is 19.9 Å². The van der Waals surface area contributed by atoms with E-state index in [1.54, 1.807) is 53.7 Å². The smallest absolute Gasteiger partial charge is 0.321 e. The van der Waals surface area contributed by atoms with E-state index < -0.39 is 66.5 Å². The number of phenolic OH excluding ortho intramolecular Hbond substituents is 2. The predicted molar refractivity (Wildman–Crippen MR) is 291 cm³/mol. The summed E-state index contributed by atoms with van der Waals surface area (Å²) in [5.41, 5.74) is 2.45. The molecule has 8 N–H and O–H groups in total. The van der Waals surface area contributed by atoms with Crippen LogP contribution in [-0.2, 0) is 29.6 Å². The number of aromatic nitrogens is 4. The molecule has 0 fully saturated rings. The average Bonchev–Trinajstić information content (AvgIpc) is 3.41. The highest BCUT2D eigenvalue weighted by Crippen LogP contribution is 2.54. The Morgan fingerprint density at radius 1 is 0.500 bits per heavy atom. The number of aliphatic hydroxyl groups excluding tert-OH is 2. The molecule has 0 spiro atoms. The van der Waals surface area contributed by atoms with Crippen LogP contribution in [0.3, 0.4) is 0 Å². The van der Waals surface area contributed by atoms with Crippen LogP contribution >= 0.6 is 0 Å². The Bertz CT molecular complexity index is 3520. The van der Waals surface area contributed by atoms with Crippen molar-refractivity contribution < 1.29 is 65.8 Å². The monoisotopic (exact) mass is 1100 g/mol. The second kappa shape index (κ2) is 21.5. The number of benzene rings is 4. The highest BCUT2D eigenvalue weighted by molar-refractivity contribution is 7.93. The number of carbonyl (C=O) groups is 2. The molecular weight excluding hydrogens is 1050 g/mol. The van der Waals surface area contributed by atoms with E-state index in [0.29, 0.717) is 33.6 Å². The van der Waals surface area contributed by atoms with Gasteiger partial charge in [-0.1, -0.05) is 39.8 Å². The summed E-state index contributed by atoms with van der Waals surface area (Å²) in [6.45, 7) is 10.5. The van der Waals surface area contributed by atoms with Crippen molar-refractivity contribution in [3.05, 3.63) is 130 Å². The highest BCUT2D eigenvalue weighted by Gasteiger charge is 2.39. The SMILES string of the molecule is COc1cc(NS(=O)(=O)c2ccc(N/C=C3\C(=O)C(O)=C(C(C)C)c4cc(C)c(-c5c(C)cc6c(c5O)/C(=C/Nc5ccc(S(=O)(=O)Nc7cc(OC)nc(OC)n7)cc5)C(=O)C(O)=C6C(C)C)c(O)c43)cc2)nc(OC)n1. The van der Waals surface area contributed by atoms with E-state index in [9.17, 15) is 46.9 Å². The summed E-state index contributed by atoms with van der Waals surface area (Å²) >= 11 is 0. The summed E-state index contributed by atoms with van der Waals surface area (Å²) < 4.78 is 78.6. The van der Waals surface area contributed by atoms with Crippen LogP contribution in [0.5, 0.6) is 35.3 Å². The summed E-state index contributed by atoms with van der Waals surface area (Å²) in [6, 6.07) is 16.6. The van der Waals surface area contributed by atoms with Gasteiger partial charge in [-0.25, -0.2) is 16.8 Å². The summed E-state index contributed by atoms with van der Waals surface area (Å²) in [6.07, 6.45) is 2.54. The number of nitrogens with one attached hydrogen (secondary N) is 4. The van der Waals surface area contributed by atoms with Crippen LogP contribution in [0.25, 0.3) is 33.4 Å². The van der Waals surface area contributed by atoms with Crippen LogP contribution in [0.2, 0.25) is 0 Å². The summed E-state index contributed by atoms with van der Waals surface area (Å²) in [7, 11) is -3.08. The minimum atomic E-state index is -4.20. The van der Waals surface area contributed by atoms with Gasteiger partial charge in [-0.15, -0.1) is 0 Å². The minimum Gasteiger partial charge on any atom is -0.507 e. The molecule has 2 aliphatic rings. The summed E-state index contributed by atoms with van der Waals surface area (Å²) in [5, 5.41) is 54.2. The Morgan fingerprint density at radius 2 is 0.846 bits per heavy atom. The van der Waals surface area contributed by atoms with E-state index in [2.05, 4.69) is 40.0 Å². The van der Waals surface area contributed by atoms with E-state index in [1.165, 1.54) is 102 Å². The van der Waals surface area contributed by atoms with E-state index in [1.807, 2.05) is 0 Å². The fraction of sp³-hybridized carbons (Fsp3) is 0.222. The van der Waals surface area contributed by atoms with Gasteiger partial charge in [-0.05, 0) is 96.5 Å². The first-order valence-electron chi connectivity index (χ1n) is 23.8. The molecule has 4 aromatic carbocycles. The molecule has 0 saturated carbocycles. The number of aromatic hydroxyl groups is 2. The molecule has 24 heteroatoms. The Hall–Kier alpha value is -9.16. The van der Waals surface area contributed by atoms with Crippen molar-refractivity contribution >= 4 is 76.9 Å². The third kappa shape index (κ3) is 10.4. The van der Waals surface area contributed by atoms with Crippen LogP contribution in [0, 0.1) is 25.7 Å². The van der Waals surface area contributed by atoms with Crippen molar-refractivity contribution in [2.45, 2.75) is 51.3 Å². The number of carbonyl (C=O) groups excluding carboxylic acids is 2. The fourth-order valence-corrected chi connectivity index (χ4v) is 11.1. The minimum absolute atomic E-state index is 0.0105. The molecule has 2 aromatic heterocycles. The van der Waals surface area contributed by atoms with Crippen LogP contribution in [0.4, 0.5) is 23.0 Å². The molecule has 0 atom stereocenters. The number of ether oxygens (including phenoxy) is 4. The van der Waals surface area contributed by atoms with E-state index in [-0.39, 0.29) is 89.8 Å². The lowest BCUT2D eigenvalue weighted by Gasteiger charge is -2.29. The zero-order chi connectivity index (χ0) is 56.7. The van der Waals surface area contributed by atoms with Crippen LogP contribution in [0.1, 0.15) is 61.1 Å². The molecule has 6 aromatic rings. The molecule has 22 nitrogen and oxygen atoms in total. The van der Waals surface area contributed by atoms with Crippen molar-refractivity contribution in [2.75, 3.05) is 48.5 Å². The molecule has 0 amide bonds. The quantitative estimate of drug-likeness (QED) is 0.0397. The van der Waals surface area contributed by atoms with Gasteiger partial charge in [0, 0.05) is 69.3 Å². The van der Waals surface area contributed by atoms with Crippen molar-refractivity contribution in [2.24, 2.45) is 11.8 Å². The fourth-order valence-electron chi connectivity index (χ4n) is 9.10. The first kappa shape index (κ1) is 55.1. The number of anilines is 4. The van der Waals surface area contributed by atoms with Crippen molar-refractivity contribution in [3.8, 4) is 46.4 Å². The second-order valence-corrected chi connectivity index (χ2v) is 21.8. The van der Waals surface area contributed by atoms with Gasteiger partial charge in [0.15, 0.2) is 23.2 Å². The molecule has 8 rings (SSSR count). The van der Waals surface area contributed by atoms with E-state index in [4.69, 9.17) is 18.9 Å². The van der Waals surface area contributed by atoms with Crippen LogP contribution in [0.15, 0.2) is 107 Å². The number of hydrogen-bond acceptors (Lipinski definition) is 20. The Kier molecular flexibility index (Phi) is 15.2. The maximum atomic E-state index is 14.3. The largest absolute Gasteiger partial charge is 0.507 e. The van der Waals surface area contributed by atoms with Crippen molar-refractivity contribution in [1.29, 1.82) is 0 Å². The predicted octanol–water partition coefficient (Wildman–Crippen LogP) is 8.52. The Labute approximate surface area is 449 Å². The molecular formula is C54H54N8O14S2. The normalized spacial score (nSPS) is 14.7. The third-order valence-electron chi connectivity index (χ3n) is 12.7. The zero-order valence-corrected chi connectivity index (χ0v) is 45.3. The van der Waals surface area contributed by atoms with Gasteiger partial charge in [0.05, 0.1) is 49.4 Å². The highest BCUT2D eigenvalue weighted by atomic mass is 32.2. The van der Waals surface area contributed by atoms with Gasteiger partial charge in [0.2, 0.25) is 23.3 Å². The average molecular weight is 1100 g/mol. The molecule has 0 radical (unpaired) electrons. The number of methoxy groups -OCH3 is 4. The number of fused-ring (bicyclic) bond motifs is 2. The molecule has 0 unspecified atom stereocenters. The lowest BCUT2D eigenvalue weighted by atomic mass is 9.75. The maximum Gasteiger partial charge on any atom is 0.321 e. The summed E-state index contributed by atoms with van der Waals surface area (Å²) in [4.78, 5) is 44.2. The Morgan fingerprint density at radius 3 is 1.15 bits per heavy atom. The van der Waals surface area contributed by atoms with Gasteiger partial charge in [0.25, 0.3) is 20.0 Å². The molecule has 78 heavy (non-hydrogen) atoms. The number of rotatable bonds is 17.